The minimum atomic E-state index is -4.44. The molecule has 1 aliphatic rings. The number of pyridine rings is 1. The maximum Gasteiger partial charge on any atom is 0.417 e. The summed E-state index contributed by atoms with van der Waals surface area (Å²) in [5.41, 5.74) is 1.20. The molecule has 1 aromatic carbocycles. The third-order valence-electron chi connectivity index (χ3n) is 4.67. The molecule has 0 aliphatic heterocycles. The molecule has 0 spiro atoms. The lowest BCUT2D eigenvalue weighted by Crippen LogP contribution is -2.09. The van der Waals surface area contributed by atoms with Gasteiger partial charge in [0.25, 0.3) is 0 Å². The van der Waals surface area contributed by atoms with E-state index in [0.717, 1.165) is 18.9 Å². The van der Waals surface area contributed by atoms with Crippen LogP contribution in [0.5, 0.6) is 5.75 Å². The van der Waals surface area contributed by atoms with Gasteiger partial charge >= 0.3 is 6.18 Å². The molecule has 0 N–H and O–H groups in total. The average Bonchev–Trinajstić information content (AvgIpc) is 3.41. The van der Waals surface area contributed by atoms with Crippen LogP contribution in [-0.4, -0.2) is 21.9 Å². The molecule has 0 saturated heterocycles. The monoisotopic (exact) mass is 361 g/mol. The van der Waals surface area contributed by atoms with Crippen molar-refractivity contribution in [1.82, 2.24) is 14.8 Å². The van der Waals surface area contributed by atoms with E-state index >= 15 is 0 Å². The van der Waals surface area contributed by atoms with Crippen molar-refractivity contribution in [2.24, 2.45) is 0 Å². The molecule has 2 aromatic heterocycles. The maximum absolute atomic E-state index is 13.7. The highest BCUT2D eigenvalue weighted by Crippen LogP contribution is 2.46. The molecule has 1 saturated carbocycles. The molecule has 0 amide bonds. The highest BCUT2D eigenvalue weighted by atomic mass is 19.4. The van der Waals surface area contributed by atoms with Crippen LogP contribution in [0.15, 0.2) is 30.3 Å². The maximum atomic E-state index is 13.7. The van der Waals surface area contributed by atoms with Crippen molar-refractivity contribution in [3.05, 3.63) is 47.3 Å². The molecule has 26 heavy (non-hydrogen) atoms. The Bertz CT molecular complexity index is 957. The average molecular weight is 361 g/mol. The minimum absolute atomic E-state index is 0.0763. The first-order valence-electron chi connectivity index (χ1n) is 8.56. The third kappa shape index (κ3) is 2.81. The highest BCUT2D eigenvalue weighted by Gasteiger charge is 2.39. The van der Waals surface area contributed by atoms with E-state index in [4.69, 9.17) is 4.74 Å². The largest absolute Gasteiger partial charge is 0.497 e. The summed E-state index contributed by atoms with van der Waals surface area (Å²) in [6.45, 7) is 1.80. The van der Waals surface area contributed by atoms with Crippen LogP contribution in [0.2, 0.25) is 0 Å². The summed E-state index contributed by atoms with van der Waals surface area (Å²) in [7, 11) is 1.56. The molecule has 1 aliphatic carbocycles. The fourth-order valence-electron chi connectivity index (χ4n) is 3.14. The van der Waals surface area contributed by atoms with Gasteiger partial charge in [-0.1, -0.05) is 6.92 Å². The second kappa shape index (κ2) is 6.00. The Morgan fingerprint density at radius 1 is 1.19 bits per heavy atom. The zero-order chi connectivity index (χ0) is 18.5. The van der Waals surface area contributed by atoms with Crippen LogP contribution in [0.4, 0.5) is 13.2 Å². The van der Waals surface area contributed by atoms with E-state index in [9.17, 15) is 13.2 Å². The van der Waals surface area contributed by atoms with Crippen molar-refractivity contribution in [3.63, 3.8) is 0 Å². The van der Waals surface area contributed by atoms with Gasteiger partial charge in [-0.15, -0.1) is 0 Å². The first kappa shape index (κ1) is 16.9. The molecule has 0 atom stereocenters. The van der Waals surface area contributed by atoms with E-state index in [0.29, 0.717) is 29.2 Å². The molecule has 0 radical (unpaired) electrons. The van der Waals surface area contributed by atoms with E-state index in [2.05, 4.69) is 10.1 Å². The number of nitrogens with zero attached hydrogens (tertiary/aromatic N) is 3. The van der Waals surface area contributed by atoms with Crippen molar-refractivity contribution in [2.75, 3.05) is 7.11 Å². The Hall–Kier alpha value is -2.57. The van der Waals surface area contributed by atoms with Gasteiger partial charge in [-0.25, -0.2) is 9.67 Å². The Balaban J connectivity index is 2.01. The van der Waals surface area contributed by atoms with E-state index in [1.54, 1.807) is 38.3 Å². The van der Waals surface area contributed by atoms with E-state index in [-0.39, 0.29) is 17.0 Å². The van der Waals surface area contributed by atoms with Gasteiger partial charge in [-0.05, 0) is 49.6 Å². The van der Waals surface area contributed by atoms with Crippen molar-refractivity contribution >= 4 is 11.0 Å². The smallest absolute Gasteiger partial charge is 0.417 e. The molecule has 2 heterocycles. The molecule has 3 aromatic rings. The van der Waals surface area contributed by atoms with Crippen molar-refractivity contribution in [2.45, 2.75) is 38.3 Å². The third-order valence-corrected chi connectivity index (χ3v) is 4.67. The van der Waals surface area contributed by atoms with Gasteiger partial charge in [0, 0.05) is 11.6 Å². The molecule has 0 unspecified atom stereocenters. The van der Waals surface area contributed by atoms with Crippen LogP contribution >= 0.6 is 0 Å². The summed E-state index contributed by atoms with van der Waals surface area (Å²) >= 11 is 0. The number of rotatable bonds is 4. The summed E-state index contributed by atoms with van der Waals surface area (Å²) in [6.07, 6.45) is -2.29. The molecular formula is C19H18F3N3O. The Morgan fingerprint density at radius 2 is 1.88 bits per heavy atom. The van der Waals surface area contributed by atoms with Gasteiger partial charge < -0.3 is 4.74 Å². The number of methoxy groups -OCH3 is 1. The standard InChI is InChI=1S/C19H18F3N3O/c1-3-12-10-15(19(20,21)22)16-17(11-4-5-11)24-25(18(16)23-12)13-6-8-14(26-2)9-7-13/h6-11H,3-5H2,1-2H3. The van der Waals surface area contributed by atoms with Gasteiger partial charge in [-0.3, -0.25) is 0 Å². The van der Waals surface area contributed by atoms with Crippen LogP contribution in [0, 0.1) is 0 Å². The summed E-state index contributed by atoms with van der Waals surface area (Å²) in [6, 6.07) is 8.22. The zero-order valence-corrected chi connectivity index (χ0v) is 14.5. The summed E-state index contributed by atoms with van der Waals surface area (Å²) in [5.74, 6) is 0.748. The number of aromatic nitrogens is 3. The number of aryl methyl sites for hydroxylation is 1. The van der Waals surface area contributed by atoms with Crippen LogP contribution in [0.1, 0.15) is 42.6 Å². The first-order chi connectivity index (χ1) is 12.4. The lowest BCUT2D eigenvalue weighted by Gasteiger charge is -2.11. The Labute approximate surface area is 148 Å². The molecule has 4 nitrogen and oxygen atoms in total. The predicted molar refractivity (Wildman–Crippen MR) is 91.8 cm³/mol. The number of hydrogen-bond acceptors (Lipinski definition) is 3. The molecule has 0 bridgehead atoms. The number of halogens is 3. The second-order valence-electron chi connectivity index (χ2n) is 6.48. The number of hydrogen-bond donors (Lipinski definition) is 0. The molecule has 4 rings (SSSR count). The van der Waals surface area contributed by atoms with Crippen molar-refractivity contribution in [3.8, 4) is 11.4 Å². The van der Waals surface area contributed by atoms with Crippen LogP contribution in [0.25, 0.3) is 16.7 Å². The molecule has 7 heteroatoms. The van der Waals surface area contributed by atoms with Gasteiger partial charge in [0.1, 0.15) is 5.75 Å². The number of alkyl halides is 3. The fourth-order valence-corrected chi connectivity index (χ4v) is 3.14. The summed E-state index contributed by atoms with van der Waals surface area (Å²) < 4.78 is 47.9. The minimum Gasteiger partial charge on any atom is -0.497 e. The van der Waals surface area contributed by atoms with E-state index in [1.165, 1.54) is 4.68 Å². The van der Waals surface area contributed by atoms with Crippen LogP contribution < -0.4 is 4.74 Å². The second-order valence-corrected chi connectivity index (χ2v) is 6.48. The van der Waals surface area contributed by atoms with Crippen molar-refractivity contribution < 1.29 is 17.9 Å². The fraction of sp³-hybridized carbons (Fsp3) is 0.368. The molecule has 136 valence electrons. The van der Waals surface area contributed by atoms with Crippen LogP contribution in [0.3, 0.4) is 0 Å². The Morgan fingerprint density at radius 3 is 2.42 bits per heavy atom. The lowest BCUT2D eigenvalue weighted by atomic mass is 10.1. The highest BCUT2D eigenvalue weighted by molar-refractivity contribution is 5.85. The SMILES string of the molecule is CCc1cc(C(F)(F)F)c2c(C3CC3)nn(-c3ccc(OC)cc3)c2n1. The number of benzene rings is 1. The summed E-state index contributed by atoms with van der Waals surface area (Å²) in [4.78, 5) is 4.49. The van der Waals surface area contributed by atoms with Gasteiger partial charge in [0.15, 0.2) is 5.65 Å². The van der Waals surface area contributed by atoms with Crippen LogP contribution in [-0.2, 0) is 12.6 Å². The van der Waals surface area contributed by atoms with E-state index in [1.807, 2.05) is 0 Å². The first-order valence-corrected chi connectivity index (χ1v) is 8.56. The quantitative estimate of drug-likeness (QED) is 0.664. The molecule has 1 fully saturated rings. The summed E-state index contributed by atoms with van der Waals surface area (Å²) in [5, 5.41) is 4.67. The van der Waals surface area contributed by atoms with Gasteiger partial charge in [0.05, 0.1) is 29.4 Å². The molecular weight excluding hydrogens is 343 g/mol. The van der Waals surface area contributed by atoms with Gasteiger partial charge in [-0.2, -0.15) is 18.3 Å². The predicted octanol–water partition coefficient (Wildman–Crippen LogP) is 4.89. The van der Waals surface area contributed by atoms with Gasteiger partial charge in [0.2, 0.25) is 0 Å². The van der Waals surface area contributed by atoms with E-state index < -0.39 is 11.7 Å². The normalized spacial score (nSPS) is 14.8. The number of fused-ring (bicyclic) bond motifs is 1. The number of ether oxygens (including phenoxy) is 1. The topological polar surface area (TPSA) is 39.9 Å². The Kier molecular flexibility index (Phi) is 3.89. The van der Waals surface area contributed by atoms with Crippen molar-refractivity contribution in [1.29, 1.82) is 0 Å². The zero-order valence-electron chi connectivity index (χ0n) is 14.5. The lowest BCUT2D eigenvalue weighted by molar-refractivity contribution is -0.136.